The molecular weight excluding hydrogens is 283 g/mol. The number of alkyl halides is 3. The van der Waals surface area contributed by atoms with Crippen molar-refractivity contribution < 1.29 is 23.1 Å². The van der Waals surface area contributed by atoms with Gasteiger partial charge in [0.2, 0.25) is 6.41 Å². The Morgan fingerprint density at radius 3 is 2.10 bits per heavy atom. The predicted octanol–water partition coefficient (Wildman–Crippen LogP) is 2.39. The number of hydrogen-bond acceptors (Lipinski definition) is 2. The van der Waals surface area contributed by atoms with Crippen LogP contribution in [-0.4, -0.2) is 29.5 Å². The molecule has 2 unspecified atom stereocenters. The largest absolute Gasteiger partial charge is 0.416 e. The van der Waals surface area contributed by atoms with E-state index in [0.29, 0.717) is 31.5 Å². The smallest absolute Gasteiger partial charge is 0.385 e. The molecule has 0 aromatic heterocycles. The fourth-order valence-corrected chi connectivity index (χ4v) is 3.68. The van der Waals surface area contributed by atoms with E-state index in [-0.39, 0.29) is 11.8 Å². The number of carbonyl (C=O) groups excluding carboxylic acids is 1. The molecule has 1 amide bonds. The quantitative estimate of drug-likeness (QED) is 0.852. The minimum Gasteiger partial charge on any atom is -0.385 e. The number of rotatable bonds is 2. The van der Waals surface area contributed by atoms with Crippen LogP contribution in [0.25, 0.3) is 0 Å². The monoisotopic (exact) mass is 299 g/mol. The Morgan fingerprint density at radius 2 is 1.67 bits per heavy atom. The maximum absolute atomic E-state index is 12.6. The number of aliphatic hydroxyl groups is 1. The molecule has 1 aliphatic carbocycles. The van der Waals surface area contributed by atoms with Crippen molar-refractivity contribution in [1.29, 1.82) is 0 Å². The summed E-state index contributed by atoms with van der Waals surface area (Å²) in [5.74, 6) is 0.449. The molecule has 0 radical (unpaired) electrons. The van der Waals surface area contributed by atoms with Gasteiger partial charge in [-0.15, -0.1) is 0 Å². The Bertz CT molecular complexity index is 527. The molecular formula is C15H16F3NO2. The topological polar surface area (TPSA) is 40.5 Å². The summed E-state index contributed by atoms with van der Waals surface area (Å²) in [6, 6.07) is 4.75. The maximum atomic E-state index is 12.6. The van der Waals surface area contributed by atoms with E-state index >= 15 is 0 Å². The van der Waals surface area contributed by atoms with Crippen molar-refractivity contribution in [3.63, 3.8) is 0 Å². The second-order valence-electron chi connectivity index (χ2n) is 6.09. The van der Waals surface area contributed by atoms with Crippen LogP contribution in [-0.2, 0) is 16.6 Å². The van der Waals surface area contributed by atoms with Crippen molar-refractivity contribution in [2.45, 2.75) is 24.6 Å². The van der Waals surface area contributed by atoms with E-state index in [0.717, 1.165) is 18.5 Å². The highest BCUT2D eigenvalue weighted by Crippen LogP contribution is 2.48. The lowest BCUT2D eigenvalue weighted by molar-refractivity contribution is -0.137. The standard InChI is InChI=1S/C15H16F3NO2/c16-15(17,18)13-3-1-12(2-4-13)14(21)5-10-7-19(9-20)8-11(10)6-14/h1-4,9-11,21H,5-8H2. The Hall–Kier alpha value is -1.56. The first-order valence-electron chi connectivity index (χ1n) is 6.91. The Balaban J connectivity index is 1.77. The first-order chi connectivity index (χ1) is 9.82. The number of likely N-dealkylation sites (tertiary alicyclic amines) is 1. The minimum absolute atomic E-state index is 0.225. The number of fused-ring (bicyclic) bond motifs is 1. The molecule has 1 N–H and O–H groups in total. The van der Waals surface area contributed by atoms with Crippen molar-refractivity contribution in [2.75, 3.05) is 13.1 Å². The number of nitrogens with zero attached hydrogens (tertiary/aromatic N) is 1. The molecule has 21 heavy (non-hydrogen) atoms. The van der Waals surface area contributed by atoms with Crippen molar-refractivity contribution in [3.8, 4) is 0 Å². The average Bonchev–Trinajstić information content (AvgIpc) is 2.93. The molecule has 1 aliphatic heterocycles. The molecule has 1 saturated heterocycles. The van der Waals surface area contributed by atoms with Gasteiger partial charge in [0.15, 0.2) is 0 Å². The number of hydrogen-bond donors (Lipinski definition) is 1. The van der Waals surface area contributed by atoms with Gasteiger partial charge >= 0.3 is 6.18 Å². The SMILES string of the molecule is O=CN1CC2CC(O)(c3ccc(C(F)(F)F)cc3)CC2C1. The third-order valence-corrected chi connectivity index (χ3v) is 4.70. The summed E-state index contributed by atoms with van der Waals surface area (Å²) < 4.78 is 37.7. The molecule has 2 aliphatic rings. The zero-order valence-corrected chi connectivity index (χ0v) is 11.3. The van der Waals surface area contributed by atoms with Gasteiger partial charge in [0.05, 0.1) is 11.2 Å². The summed E-state index contributed by atoms with van der Waals surface area (Å²) >= 11 is 0. The van der Waals surface area contributed by atoms with Crippen molar-refractivity contribution in [1.82, 2.24) is 4.90 Å². The van der Waals surface area contributed by atoms with Crippen LogP contribution in [0.4, 0.5) is 13.2 Å². The molecule has 1 aromatic carbocycles. The van der Waals surface area contributed by atoms with E-state index in [2.05, 4.69) is 0 Å². The van der Waals surface area contributed by atoms with Crippen LogP contribution in [0.15, 0.2) is 24.3 Å². The van der Waals surface area contributed by atoms with E-state index in [1.807, 2.05) is 0 Å². The molecule has 3 rings (SSSR count). The van der Waals surface area contributed by atoms with Gasteiger partial charge in [-0.05, 0) is 42.4 Å². The number of amides is 1. The molecule has 114 valence electrons. The second-order valence-corrected chi connectivity index (χ2v) is 6.09. The van der Waals surface area contributed by atoms with Crippen LogP contribution in [0, 0.1) is 11.8 Å². The summed E-state index contributed by atoms with van der Waals surface area (Å²) in [5.41, 5.74) is -1.25. The summed E-state index contributed by atoms with van der Waals surface area (Å²) in [5, 5.41) is 10.7. The number of carbonyl (C=O) groups is 1. The van der Waals surface area contributed by atoms with Crippen LogP contribution in [0.3, 0.4) is 0 Å². The number of halogens is 3. The zero-order chi connectivity index (χ0) is 15.3. The molecule has 0 bridgehead atoms. The predicted molar refractivity (Wildman–Crippen MR) is 69.2 cm³/mol. The van der Waals surface area contributed by atoms with Crippen molar-refractivity contribution >= 4 is 6.41 Å². The average molecular weight is 299 g/mol. The Labute approximate surface area is 120 Å². The normalized spacial score (nSPS) is 32.3. The van der Waals surface area contributed by atoms with Gasteiger partial charge in [-0.25, -0.2) is 0 Å². The van der Waals surface area contributed by atoms with Gasteiger partial charge in [-0.1, -0.05) is 12.1 Å². The third-order valence-electron chi connectivity index (χ3n) is 4.70. The first kappa shape index (κ1) is 14.4. The summed E-state index contributed by atoms with van der Waals surface area (Å²) in [7, 11) is 0. The van der Waals surface area contributed by atoms with E-state index in [9.17, 15) is 23.1 Å². The molecule has 1 heterocycles. The van der Waals surface area contributed by atoms with Crippen LogP contribution in [0.2, 0.25) is 0 Å². The van der Waals surface area contributed by atoms with Gasteiger partial charge in [-0.3, -0.25) is 4.79 Å². The first-order valence-corrected chi connectivity index (χ1v) is 6.91. The fraction of sp³-hybridized carbons (Fsp3) is 0.533. The van der Waals surface area contributed by atoms with Crippen molar-refractivity contribution in [3.05, 3.63) is 35.4 Å². The summed E-state index contributed by atoms with van der Waals surface area (Å²) in [6.45, 7) is 1.24. The molecule has 0 spiro atoms. The minimum atomic E-state index is -4.36. The lowest BCUT2D eigenvalue weighted by atomic mass is 9.90. The summed E-state index contributed by atoms with van der Waals surface area (Å²) in [4.78, 5) is 12.5. The molecule has 6 heteroatoms. The van der Waals surface area contributed by atoms with Crippen LogP contribution >= 0.6 is 0 Å². The van der Waals surface area contributed by atoms with Crippen molar-refractivity contribution in [2.24, 2.45) is 11.8 Å². The lowest BCUT2D eigenvalue weighted by Crippen LogP contribution is -2.27. The maximum Gasteiger partial charge on any atom is 0.416 e. The van der Waals surface area contributed by atoms with Gasteiger partial charge in [0, 0.05) is 13.1 Å². The molecule has 2 fully saturated rings. The summed E-state index contributed by atoms with van der Waals surface area (Å²) in [6.07, 6.45) is -2.56. The molecule has 2 atom stereocenters. The molecule has 1 saturated carbocycles. The highest BCUT2D eigenvalue weighted by molar-refractivity contribution is 5.48. The Kier molecular flexibility index (Phi) is 3.24. The second kappa shape index (κ2) is 4.73. The highest BCUT2D eigenvalue weighted by Gasteiger charge is 2.49. The Morgan fingerprint density at radius 1 is 1.14 bits per heavy atom. The van der Waals surface area contributed by atoms with Gasteiger partial charge in [0.25, 0.3) is 0 Å². The van der Waals surface area contributed by atoms with Gasteiger partial charge in [0.1, 0.15) is 0 Å². The molecule has 3 nitrogen and oxygen atoms in total. The fourth-order valence-electron chi connectivity index (χ4n) is 3.68. The van der Waals surface area contributed by atoms with E-state index in [1.165, 1.54) is 12.1 Å². The van der Waals surface area contributed by atoms with Crippen LogP contribution in [0.1, 0.15) is 24.0 Å². The van der Waals surface area contributed by atoms with Gasteiger partial charge < -0.3 is 10.0 Å². The molecule has 1 aromatic rings. The van der Waals surface area contributed by atoms with Gasteiger partial charge in [-0.2, -0.15) is 13.2 Å². The van der Waals surface area contributed by atoms with Crippen LogP contribution in [0.5, 0.6) is 0 Å². The van der Waals surface area contributed by atoms with E-state index in [1.54, 1.807) is 4.90 Å². The van der Waals surface area contributed by atoms with E-state index in [4.69, 9.17) is 0 Å². The number of benzene rings is 1. The highest BCUT2D eigenvalue weighted by atomic mass is 19.4. The van der Waals surface area contributed by atoms with E-state index < -0.39 is 17.3 Å². The zero-order valence-electron chi connectivity index (χ0n) is 11.3. The third kappa shape index (κ3) is 2.52. The van der Waals surface area contributed by atoms with Crippen LogP contribution < -0.4 is 0 Å². The lowest BCUT2D eigenvalue weighted by Gasteiger charge is -2.26.